The van der Waals surface area contributed by atoms with Crippen molar-refractivity contribution < 1.29 is 9.90 Å². The average molecular weight is 282 g/mol. The lowest BCUT2D eigenvalue weighted by molar-refractivity contribution is -0.133. The highest BCUT2D eigenvalue weighted by Gasteiger charge is 2.26. The minimum atomic E-state index is 0.0256. The van der Waals surface area contributed by atoms with Crippen molar-refractivity contribution >= 4 is 17.5 Å². The highest BCUT2D eigenvalue weighted by molar-refractivity contribution is 6.30. The summed E-state index contributed by atoms with van der Waals surface area (Å²) in [6, 6.07) is 7.70. The van der Waals surface area contributed by atoms with Gasteiger partial charge in [0.1, 0.15) is 0 Å². The van der Waals surface area contributed by atoms with Gasteiger partial charge in [0.05, 0.1) is 13.0 Å². The maximum atomic E-state index is 12.4. The summed E-state index contributed by atoms with van der Waals surface area (Å²) < 4.78 is 0. The van der Waals surface area contributed by atoms with Gasteiger partial charge in [0, 0.05) is 17.6 Å². The lowest BCUT2D eigenvalue weighted by Gasteiger charge is -2.28. The molecule has 0 aromatic heterocycles. The van der Waals surface area contributed by atoms with Crippen molar-refractivity contribution in [2.75, 3.05) is 13.2 Å². The number of aliphatic hydroxyl groups is 1. The second-order valence-electron chi connectivity index (χ2n) is 5.06. The van der Waals surface area contributed by atoms with E-state index < -0.39 is 0 Å². The van der Waals surface area contributed by atoms with Crippen LogP contribution in [0.25, 0.3) is 0 Å². The van der Waals surface area contributed by atoms with Crippen LogP contribution in [-0.2, 0) is 11.2 Å². The molecule has 0 saturated heterocycles. The largest absolute Gasteiger partial charge is 0.395 e. The summed E-state index contributed by atoms with van der Waals surface area (Å²) in [6.45, 7) is 0.460. The van der Waals surface area contributed by atoms with Gasteiger partial charge in [0.15, 0.2) is 0 Å². The molecule has 1 aromatic rings. The first kappa shape index (κ1) is 14.4. The number of carbonyl (C=O) groups is 1. The molecule has 0 bridgehead atoms. The molecule has 0 radical (unpaired) electrons. The van der Waals surface area contributed by atoms with E-state index in [1.807, 2.05) is 23.1 Å². The van der Waals surface area contributed by atoms with Crippen molar-refractivity contribution in [2.24, 2.45) is 0 Å². The van der Waals surface area contributed by atoms with Crippen molar-refractivity contribution in [1.29, 1.82) is 0 Å². The van der Waals surface area contributed by atoms with Crippen molar-refractivity contribution in [3.8, 4) is 0 Å². The number of hydrogen-bond donors (Lipinski definition) is 1. The van der Waals surface area contributed by atoms with E-state index in [1.54, 1.807) is 6.07 Å². The molecule has 0 atom stereocenters. The van der Waals surface area contributed by atoms with Crippen molar-refractivity contribution in [3.05, 3.63) is 34.9 Å². The van der Waals surface area contributed by atoms with E-state index in [4.69, 9.17) is 16.7 Å². The molecule has 1 aliphatic rings. The van der Waals surface area contributed by atoms with Crippen LogP contribution in [0.3, 0.4) is 0 Å². The number of benzene rings is 1. The molecule has 1 N–H and O–H groups in total. The van der Waals surface area contributed by atoms with Crippen LogP contribution < -0.4 is 0 Å². The third-order valence-electron chi connectivity index (χ3n) is 3.67. The molecule has 0 aliphatic heterocycles. The van der Waals surface area contributed by atoms with Gasteiger partial charge in [-0.05, 0) is 30.5 Å². The zero-order valence-electron chi connectivity index (χ0n) is 11.0. The highest BCUT2D eigenvalue weighted by atomic mass is 35.5. The first-order valence-corrected chi connectivity index (χ1v) is 7.23. The number of nitrogens with zero attached hydrogens (tertiary/aromatic N) is 1. The van der Waals surface area contributed by atoms with E-state index in [0.29, 0.717) is 24.0 Å². The van der Waals surface area contributed by atoms with Crippen LogP contribution in [0, 0.1) is 0 Å². The molecule has 1 saturated carbocycles. The average Bonchev–Trinajstić information content (AvgIpc) is 2.89. The van der Waals surface area contributed by atoms with Crippen LogP contribution in [0.15, 0.2) is 24.3 Å². The Hall–Kier alpha value is -1.06. The molecule has 2 rings (SSSR count). The Morgan fingerprint density at radius 1 is 1.37 bits per heavy atom. The molecule has 0 spiro atoms. The predicted octanol–water partition coefficient (Wildman–Crippen LogP) is 2.65. The number of amides is 1. The molecule has 4 heteroatoms. The Labute approximate surface area is 119 Å². The fourth-order valence-electron chi connectivity index (χ4n) is 2.76. The molecular formula is C15H20ClNO2. The topological polar surface area (TPSA) is 40.5 Å². The minimum absolute atomic E-state index is 0.0256. The Balaban J connectivity index is 2.02. The fourth-order valence-corrected chi connectivity index (χ4v) is 2.97. The van der Waals surface area contributed by atoms with E-state index in [2.05, 4.69) is 0 Å². The lowest BCUT2D eigenvalue weighted by atomic mass is 10.1. The summed E-state index contributed by atoms with van der Waals surface area (Å²) >= 11 is 5.93. The number of rotatable bonds is 5. The van der Waals surface area contributed by atoms with Crippen LogP contribution in [0.4, 0.5) is 0 Å². The van der Waals surface area contributed by atoms with Crippen LogP contribution >= 0.6 is 11.6 Å². The van der Waals surface area contributed by atoms with E-state index in [1.165, 1.54) is 12.8 Å². The number of hydrogen-bond acceptors (Lipinski definition) is 2. The SMILES string of the molecule is O=C(Cc1cccc(Cl)c1)N(CCO)C1CCCC1. The molecule has 1 aromatic carbocycles. The quantitative estimate of drug-likeness (QED) is 0.901. The fraction of sp³-hybridized carbons (Fsp3) is 0.533. The zero-order valence-corrected chi connectivity index (χ0v) is 11.8. The zero-order chi connectivity index (χ0) is 13.7. The summed E-state index contributed by atoms with van der Waals surface area (Å²) in [7, 11) is 0. The van der Waals surface area contributed by atoms with Crippen molar-refractivity contribution in [2.45, 2.75) is 38.1 Å². The van der Waals surface area contributed by atoms with Gasteiger partial charge in [-0.3, -0.25) is 4.79 Å². The van der Waals surface area contributed by atoms with Gasteiger partial charge < -0.3 is 10.0 Å². The molecule has 1 amide bonds. The van der Waals surface area contributed by atoms with Crippen LogP contribution in [0.5, 0.6) is 0 Å². The van der Waals surface area contributed by atoms with Crippen LogP contribution in [-0.4, -0.2) is 35.1 Å². The molecule has 1 aliphatic carbocycles. The second kappa shape index (κ2) is 6.92. The van der Waals surface area contributed by atoms with Crippen molar-refractivity contribution in [3.63, 3.8) is 0 Å². The number of halogens is 1. The molecule has 104 valence electrons. The van der Waals surface area contributed by atoms with E-state index in [0.717, 1.165) is 18.4 Å². The Morgan fingerprint density at radius 3 is 2.74 bits per heavy atom. The highest BCUT2D eigenvalue weighted by Crippen LogP contribution is 2.24. The Kier molecular flexibility index (Phi) is 5.23. The van der Waals surface area contributed by atoms with Gasteiger partial charge in [-0.25, -0.2) is 0 Å². The van der Waals surface area contributed by atoms with Gasteiger partial charge in [-0.15, -0.1) is 0 Å². The summed E-state index contributed by atoms with van der Waals surface area (Å²) in [6.07, 6.45) is 4.83. The predicted molar refractivity (Wildman–Crippen MR) is 76.2 cm³/mol. The third-order valence-corrected chi connectivity index (χ3v) is 3.91. The maximum absolute atomic E-state index is 12.4. The van der Waals surface area contributed by atoms with Crippen molar-refractivity contribution in [1.82, 2.24) is 4.90 Å². The Morgan fingerprint density at radius 2 is 2.11 bits per heavy atom. The smallest absolute Gasteiger partial charge is 0.227 e. The van der Waals surface area contributed by atoms with Gasteiger partial charge in [0.25, 0.3) is 0 Å². The Bertz CT molecular complexity index is 430. The first-order chi connectivity index (χ1) is 9.20. The third kappa shape index (κ3) is 3.95. The molecule has 1 fully saturated rings. The molecule has 0 unspecified atom stereocenters. The van der Waals surface area contributed by atoms with Crippen LogP contribution in [0.1, 0.15) is 31.2 Å². The van der Waals surface area contributed by atoms with Crippen LogP contribution in [0.2, 0.25) is 5.02 Å². The lowest BCUT2D eigenvalue weighted by Crippen LogP contribution is -2.41. The summed E-state index contributed by atoms with van der Waals surface area (Å²) in [4.78, 5) is 14.2. The number of aliphatic hydroxyl groups excluding tert-OH is 1. The van der Waals surface area contributed by atoms with Gasteiger partial charge in [-0.1, -0.05) is 36.6 Å². The number of carbonyl (C=O) groups excluding carboxylic acids is 1. The molecule has 0 heterocycles. The van der Waals surface area contributed by atoms with E-state index >= 15 is 0 Å². The van der Waals surface area contributed by atoms with E-state index in [9.17, 15) is 4.79 Å². The van der Waals surface area contributed by atoms with Gasteiger partial charge >= 0.3 is 0 Å². The normalized spacial score (nSPS) is 15.7. The molecular weight excluding hydrogens is 262 g/mol. The standard InChI is InChI=1S/C15H20ClNO2/c16-13-5-3-4-12(10-13)11-15(19)17(8-9-18)14-6-1-2-7-14/h3-5,10,14,18H,1-2,6-9,11H2. The summed E-state index contributed by atoms with van der Waals surface area (Å²) in [5, 5.41) is 9.79. The summed E-state index contributed by atoms with van der Waals surface area (Å²) in [5.74, 6) is 0.0863. The second-order valence-corrected chi connectivity index (χ2v) is 5.49. The summed E-state index contributed by atoms with van der Waals surface area (Å²) in [5.41, 5.74) is 0.929. The van der Waals surface area contributed by atoms with Gasteiger partial charge in [-0.2, -0.15) is 0 Å². The monoisotopic (exact) mass is 281 g/mol. The minimum Gasteiger partial charge on any atom is -0.395 e. The van der Waals surface area contributed by atoms with E-state index in [-0.39, 0.29) is 12.5 Å². The molecule has 3 nitrogen and oxygen atoms in total. The maximum Gasteiger partial charge on any atom is 0.227 e. The van der Waals surface area contributed by atoms with Gasteiger partial charge in [0.2, 0.25) is 5.91 Å². The first-order valence-electron chi connectivity index (χ1n) is 6.85. The molecule has 19 heavy (non-hydrogen) atoms.